The first kappa shape index (κ1) is 19.8. The zero-order valence-corrected chi connectivity index (χ0v) is 17.1. The van der Waals surface area contributed by atoms with Gasteiger partial charge in [-0.25, -0.2) is 0 Å². The van der Waals surface area contributed by atoms with Gasteiger partial charge in [0.15, 0.2) is 23.0 Å². The maximum absolute atomic E-state index is 13.3. The fraction of sp³-hybridized carbons (Fsp3) is 0.160. The number of carbonyl (C=O) groups is 2. The Morgan fingerprint density at radius 1 is 1.03 bits per heavy atom. The number of pyridine rings is 1. The van der Waals surface area contributed by atoms with E-state index >= 15 is 0 Å². The molecule has 5 rings (SSSR count). The highest BCUT2D eigenvalue weighted by molar-refractivity contribution is 6.16. The van der Waals surface area contributed by atoms with Crippen molar-refractivity contribution < 1.29 is 24.2 Å². The summed E-state index contributed by atoms with van der Waals surface area (Å²) in [4.78, 5) is 32.2. The summed E-state index contributed by atoms with van der Waals surface area (Å²) in [6.07, 6.45) is 2.26. The molecule has 0 radical (unpaired) electrons. The Bertz CT molecular complexity index is 1210. The van der Waals surface area contributed by atoms with Crippen molar-refractivity contribution in [1.29, 1.82) is 0 Å². The van der Waals surface area contributed by atoms with E-state index in [1.54, 1.807) is 42.6 Å². The molecule has 1 aromatic heterocycles. The molecule has 0 aliphatic carbocycles. The van der Waals surface area contributed by atoms with Crippen LogP contribution in [0.15, 0.2) is 84.3 Å². The molecule has 0 spiro atoms. The number of aromatic nitrogens is 1. The van der Waals surface area contributed by atoms with Crippen molar-refractivity contribution in [1.82, 2.24) is 4.98 Å². The molecule has 0 fully saturated rings. The van der Waals surface area contributed by atoms with Gasteiger partial charge in [0.05, 0.1) is 11.3 Å². The number of aryl methyl sites for hydroxylation is 1. The normalized spacial score (nSPS) is 17.2. The number of Topliss-reactive ketones (excluding diaryl/α,β-unsaturated/α-hetero) is 1. The lowest BCUT2D eigenvalue weighted by molar-refractivity contribution is -0.118. The highest BCUT2D eigenvalue weighted by atomic mass is 16.7. The molecule has 0 saturated carbocycles. The van der Waals surface area contributed by atoms with E-state index in [1.165, 1.54) is 4.90 Å². The molecule has 3 heterocycles. The first-order valence-corrected chi connectivity index (χ1v) is 10.3. The molecule has 2 aromatic carbocycles. The molecule has 1 atom stereocenters. The van der Waals surface area contributed by atoms with Gasteiger partial charge in [-0.15, -0.1) is 0 Å². The number of hydrogen-bond donors (Lipinski definition) is 1. The van der Waals surface area contributed by atoms with Gasteiger partial charge in [-0.2, -0.15) is 0 Å². The molecule has 2 aliphatic rings. The minimum atomic E-state index is -0.840. The standard InChI is InChI=1S/C25H20N2O5/c28-19(11-9-16-6-2-1-3-7-16)22-23(18-8-4-5-13-26-18)27(25(30)24(22)29)17-10-12-20-21(14-17)32-15-31-20/h1-8,10,12-14,23,29H,9,11,15H2. The molecule has 1 unspecified atom stereocenters. The Hall–Kier alpha value is -4.13. The predicted octanol–water partition coefficient (Wildman–Crippen LogP) is 3.91. The largest absolute Gasteiger partial charge is 0.503 e. The number of nitrogens with zero attached hydrogens (tertiary/aromatic N) is 2. The van der Waals surface area contributed by atoms with Crippen molar-refractivity contribution in [3.8, 4) is 11.5 Å². The van der Waals surface area contributed by atoms with Gasteiger partial charge in [0.2, 0.25) is 6.79 Å². The van der Waals surface area contributed by atoms with E-state index in [4.69, 9.17) is 9.47 Å². The van der Waals surface area contributed by atoms with Crippen LogP contribution in [0.5, 0.6) is 11.5 Å². The molecular weight excluding hydrogens is 408 g/mol. The van der Waals surface area contributed by atoms with Gasteiger partial charge < -0.3 is 14.6 Å². The van der Waals surface area contributed by atoms with Crippen molar-refractivity contribution in [2.45, 2.75) is 18.9 Å². The maximum atomic E-state index is 13.3. The monoisotopic (exact) mass is 428 g/mol. The second kappa shape index (κ2) is 8.19. The van der Waals surface area contributed by atoms with Crippen LogP contribution in [-0.4, -0.2) is 28.6 Å². The predicted molar refractivity (Wildman–Crippen MR) is 116 cm³/mol. The van der Waals surface area contributed by atoms with Gasteiger partial charge >= 0.3 is 0 Å². The molecule has 0 saturated heterocycles. The smallest absolute Gasteiger partial charge is 0.294 e. The van der Waals surface area contributed by atoms with E-state index in [9.17, 15) is 14.7 Å². The highest BCUT2D eigenvalue weighted by Gasteiger charge is 2.45. The summed E-state index contributed by atoms with van der Waals surface area (Å²) in [5.74, 6) is -0.415. The zero-order chi connectivity index (χ0) is 22.1. The Morgan fingerprint density at radius 3 is 2.59 bits per heavy atom. The molecule has 160 valence electrons. The van der Waals surface area contributed by atoms with Crippen LogP contribution in [0.2, 0.25) is 0 Å². The topological polar surface area (TPSA) is 89.0 Å². The number of ether oxygens (including phenoxy) is 2. The van der Waals surface area contributed by atoms with Crippen LogP contribution in [0.4, 0.5) is 5.69 Å². The minimum Gasteiger partial charge on any atom is -0.503 e. The number of rotatable bonds is 6. The lowest BCUT2D eigenvalue weighted by atomic mass is 9.95. The second-order valence-corrected chi connectivity index (χ2v) is 7.54. The number of aliphatic hydroxyl groups is 1. The molecule has 0 bridgehead atoms. The van der Waals surface area contributed by atoms with Crippen molar-refractivity contribution in [2.24, 2.45) is 0 Å². The summed E-state index contributed by atoms with van der Waals surface area (Å²) in [5.41, 5.74) is 2.03. The van der Waals surface area contributed by atoms with Gasteiger partial charge in [0, 0.05) is 24.4 Å². The van der Waals surface area contributed by atoms with Crippen LogP contribution in [0.3, 0.4) is 0 Å². The van der Waals surface area contributed by atoms with Crippen molar-refractivity contribution in [3.05, 3.63) is 95.5 Å². The average Bonchev–Trinajstić information content (AvgIpc) is 3.40. The highest BCUT2D eigenvalue weighted by Crippen LogP contribution is 2.43. The van der Waals surface area contributed by atoms with Crippen LogP contribution in [0, 0.1) is 0 Å². The molecule has 7 nitrogen and oxygen atoms in total. The summed E-state index contributed by atoms with van der Waals surface area (Å²) in [6, 6.07) is 19.1. The van der Waals surface area contributed by atoms with Gasteiger partial charge in [-0.1, -0.05) is 36.4 Å². The van der Waals surface area contributed by atoms with Crippen molar-refractivity contribution >= 4 is 17.4 Å². The number of fused-ring (bicyclic) bond motifs is 1. The molecule has 32 heavy (non-hydrogen) atoms. The molecule has 1 N–H and O–H groups in total. The Balaban J connectivity index is 1.51. The number of aliphatic hydroxyl groups excluding tert-OH is 1. The SMILES string of the molecule is O=C(CCc1ccccc1)C1=C(O)C(=O)N(c2ccc3c(c2)OCO3)C1c1ccccn1. The van der Waals surface area contributed by atoms with E-state index < -0.39 is 17.7 Å². The first-order valence-electron chi connectivity index (χ1n) is 10.3. The van der Waals surface area contributed by atoms with Crippen LogP contribution < -0.4 is 14.4 Å². The van der Waals surface area contributed by atoms with Crippen LogP contribution in [-0.2, 0) is 16.0 Å². The lowest BCUT2D eigenvalue weighted by Crippen LogP contribution is -2.31. The van der Waals surface area contributed by atoms with E-state index in [0.717, 1.165) is 5.56 Å². The summed E-state index contributed by atoms with van der Waals surface area (Å²) >= 11 is 0. The third-order valence-electron chi connectivity index (χ3n) is 5.59. The number of ketones is 1. The van der Waals surface area contributed by atoms with E-state index in [0.29, 0.717) is 29.3 Å². The maximum Gasteiger partial charge on any atom is 0.294 e. The Labute approximate surface area is 184 Å². The van der Waals surface area contributed by atoms with Gasteiger partial charge in [-0.05, 0) is 36.2 Å². The zero-order valence-electron chi connectivity index (χ0n) is 17.1. The van der Waals surface area contributed by atoms with Gasteiger partial charge in [0.25, 0.3) is 5.91 Å². The summed E-state index contributed by atoms with van der Waals surface area (Å²) in [5, 5.41) is 10.8. The van der Waals surface area contributed by atoms with E-state index in [-0.39, 0.29) is 24.6 Å². The Kier molecular flexibility index (Phi) is 5.07. The van der Waals surface area contributed by atoms with Crippen LogP contribution >= 0.6 is 0 Å². The van der Waals surface area contributed by atoms with Gasteiger partial charge in [-0.3, -0.25) is 19.5 Å². The van der Waals surface area contributed by atoms with E-state index in [2.05, 4.69) is 4.98 Å². The third kappa shape index (κ3) is 3.47. The molecular formula is C25H20N2O5. The fourth-order valence-electron chi connectivity index (χ4n) is 4.05. The summed E-state index contributed by atoms with van der Waals surface area (Å²) in [6.45, 7) is 0.100. The van der Waals surface area contributed by atoms with Crippen molar-refractivity contribution in [2.75, 3.05) is 11.7 Å². The third-order valence-corrected chi connectivity index (χ3v) is 5.59. The first-order chi connectivity index (χ1) is 15.6. The number of benzene rings is 2. The fourth-order valence-corrected chi connectivity index (χ4v) is 4.05. The second-order valence-electron chi connectivity index (χ2n) is 7.54. The van der Waals surface area contributed by atoms with Crippen LogP contribution in [0.1, 0.15) is 23.7 Å². The minimum absolute atomic E-state index is 0.0577. The Morgan fingerprint density at radius 2 is 1.81 bits per heavy atom. The van der Waals surface area contributed by atoms with Crippen molar-refractivity contribution in [3.63, 3.8) is 0 Å². The number of hydrogen-bond acceptors (Lipinski definition) is 6. The van der Waals surface area contributed by atoms with E-state index in [1.807, 2.05) is 30.3 Å². The number of amides is 1. The molecule has 3 aromatic rings. The average molecular weight is 428 g/mol. The number of anilines is 1. The molecule has 1 amide bonds. The quantitative estimate of drug-likeness (QED) is 0.640. The summed E-state index contributed by atoms with van der Waals surface area (Å²) < 4.78 is 10.8. The lowest BCUT2D eigenvalue weighted by Gasteiger charge is -2.26. The van der Waals surface area contributed by atoms with Gasteiger partial charge in [0.1, 0.15) is 6.04 Å². The van der Waals surface area contributed by atoms with Crippen LogP contribution in [0.25, 0.3) is 0 Å². The molecule has 7 heteroatoms. The summed E-state index contributed by atoms with van der Waals surface area (Å²) in [7, 11) is 0. The molecule has 2 aliphatic heterocycles. The number of carbonyl (C=O) groups excluding carboxylic acids is 2.